The van der Waals surface area contributed by atoms with Crippen molar-refractivity contribution in [1.29, 1.82) is 0 Å². The zero-order chi connectivity index (χ0) is 13.7. The molecule has 20 heavy (non-hydrogen) atoms. The number of nitrogens with one attached hydrogen (secondary N) is 1. The number of hydrogen-bond acceptors (Lipinski definition) is 1. The molecule has 96 valence electrons. The number of H-pyrrole nitrogens is 1. The molecule has 0 saturated heterocycles. The van der Waals surface area contributed by atoms with E-state index in [1.807, 2.05) is 55.5 Å². The van der Waals surface area contributed by atoms with Crippen LogP contribution >= 0.6 is 0 Å². The Balaban J connectivity index is 2.31. The van der Waals surface area contributed by atoms with Gasteiger partial charge in [-0.1, -0.05) is 42.0 Å². The van der Waals surface area contributed by atoms with E-state index in [-0.39, 0.29) is 5.43 Å². The zero-order valence-corrected chi connectivity index (χ0v) is 11.1. The van der Waals surface area contributed by atoms with Crippen molar-refractivity contribution >= 4 is 32.6 Å². The third-order valence-electron chi connectivity index (χ3n) is 3.85. The minimum atomic E-state index is 0.100. The van der Waals surface area contributed by atoms with Gasteiger partial charge in [-0.3, -0.25) is 4.79 Å². The molecule has 0 atom stereocenters. The fourth-order valence-electron chi connectivity index (χ4n) is 2.83. The highest BCUT2D eigenvalue weighted by molar-refractivity contribution is 6.08. The van der Waals surface area contributed by atoms with Gasteiger partial charge in [-0.25, -0.2) is 0 Å². The highest BCUT2D eigenvalue weighted by Gasteiger charge is 2.08. The van der Waals surface area contributed by atoms with E-state index in [9.17, 15) is 4.79 Å². The second kappa shape index (κ2) is 3.94. The summed E-state index contributed by atoms with van der Waals surface area (Å²) in [5.41, 5.74) is 3.01. The van der Waals surface area contributed by atoms with Crippen molar-refractivity contribution in [3.05, 3.63) is 70.4 Å². The Labute approximate surface area is 115 Å². The number of fused-ring (bicyclic) bond motifs is 4. The van der Waals surface area contributed by atoms with Crippen LogP contribution in [0.1, 0.15) is 5.56 Å². The summed E-state index contributed by atoms with van der Waals surface area (Å²) in [5.74, 6) is 0. The van der Waals surface area contributed by atoms with Crippen molar-refractivity contribution in [2.75, 3.05) is 0 Å². The molecule has 0 fully saturated rings. The van der Waals surface area contributed by atoms with E-state index in [0.29, 0.717) is 0 Å². The average molecular weight is 259 g/mol. The topological polar surface area (TPSA) is 32.9 Å². The minimum Gasteiger partial charge on any atom is -0.354 e. The first kappa shape index (κ1) is 11.2. The van der Waals surface area contributed by atoms with Crippen LogP contribution in [-0.2, 0) is 0 Å². The molecule has 2 nitrogen and oxygen atoms in total. The summed E-state index contributed by atoms with van der Waals surface area (Å²) in [5, 5.41) is 3.74. The van der Waals surface area contributed by atoms with E-state index < -0.39 is 0 Å². The normalized spacial score (nSPS) is 11.4. The number of benzene rings is 3. The number of aromatic amines is 1. The van der Waals surface area contributed by atoms with Crippen LogP contribution in [0.5, 0.6) is 0 Å². The van der Waals surface area contributed by atoms with Gasteiger partial charge in [0.25, 0.3) is 0 Å². The molecule has 1 N–H and O–H groups in total. The van der Waals surface area contributed by atoms with Crippen LogP contribution in [-0.4, -0.2) is 4.98 Å². The maximum atomic E-state index is 12.7. The molecule has 0 bridgehead atoms. The quantitative estimate of drug-likeness (QED) is 0.373. The first-order valence-corrected chi connectivity index (χ1v) is 6.68. The van der Waals surface area contributed by atoms with Crippen LogP contribution in [0.3, 0.4) is 0 Å². The Bertz CT molecular complexity index is 1030. The molecule has 0 unspecified atom stereocenters. The molecule has 3 aromatic carbocycles. The first-order valence-electron chi connectivity index (χ1n) is 6.68. The number of aromatic nitrogens is 1. The van der Waals surface area contributed by atoms with Crippen LogP contribution in [0, 0.1) is 6.92 Å². The van der Waals surface area contributed by atoms with Crippen LogP contribution < -0.4 is 5.43 Å². The molecule has 0 amide bonds. The van der Waals surface area contributed by atoms with E-state index in [1.54, 1.807) is 0 Å². The maximum absolute atomic E-state index is 12.7. The molecule has 0 spiro atoms. The lowest BCUT2D eigenvalue weighted by Gasteiger charge is -2.06. The summed E-state index contributed by atoms with van der Waals surface area (Å²) in [6, 6.07) is 18.0. The number of pyridine rings is 1. The Kier molecular flexibility index (Phi) is 2.21. The van der Waals surface area contributed by atoms with Crippen LogP contribution in [0.25, 0.3) is 32.6 Å². The van der Waals surface area contributed by atoms with E-state index in [1.165, 1.54) is 0 Å². The van der Waals surface area contributed by atoms with Gasteiger partial charge in [0.05, 0.1) is 5.52 Å². The first-order chi connectivity index (χ1) is 9.74. The second-order valence-electron chi connectivity index (χ2n) is 5.21. The highest BCUT2D eigenvalue weighted by Crippen LogP contribution is 2.24. The smallest absolute Gasteiger partial charge is 0.197 e. The summed E-state index contributed by atoms with van der Waals surface area (Å²) in [6.45, 7) is 2.00. The summed E-state index contributed by atoms with van der Waals surface area (Å²) < 4.78 is 0. The van der Waals surface area contributed by atoms with Crippen molar-refractivity contribution in [2.45, 2.75) is 6.92 Å². The second-order valence-corrected chi connectivity index (χ2v) is 5.21. The lowest BCUT2D eigenvalue weighted by Crippen LogP contribution is -2.04. The molecule has 0 aliphatic heterocycles. The lowest BCUT2D eigenvalue weighted by atomic mass is 10.0. The van der Waals surface area contributed by atoms with Gasteiger partial charge in [-0.2, -0.15) is 0 Å². The van der Waals surface area contributed by atoms with Crippen molar-refractivity contribution in [3.63, 3.8) is 0 Å². The van der Waals surface area contributed by atoms with Gasteiger partial charge in [-0.15, -0.1) is 0 Å². The third kappa shape index (κ3) is 1.48. The number of rotatable bonds is 0. The van der Waals surface area contributed by atoms with Crippen molar-refractivity contribution in [2.24, 2.45) is 0 Å². The number of aryl methyl sites for hydroxylation is 1. The number of hydrogen-bond donors (Lipinski definition) is 1. The van der Waals surface area contributed by atoms with E-state index >= 15 is 0 Å². The Hall–Kier alpha value is -2.61. The van der Waals surface area contributed by atoms with Gasteiger partial charge in [0.2, 0.25) is 0 Å². The molecule has 1 heterocycles. The standard InChI is InChI=1S/C18H13NO/c1-11-6-9-16-15(10-11)18(20)14-8-7-12-4-2-3-5-13(12)17(14)19-16/h2-10H,1H3,(H,19,20). The summed E-state index contributed by atoms with van der Waals surface area (Å²) in [6.07, 6.45) is 0. The van der Waals surface area contributed by atoms with Gasteiger partial charge in [0, 0.05) is 21.7 Å². The van der Waals surface area contributed by atoms with Gasteiger partial charge in [-0.05, 0) is 30.5 Å². The van der Waals surface area contributed by atoms with E-state index in [0.717, 1.165) is 38.1 Å². The molecule has 0 saturated carbocycles. The zero-order valence-electron chi connectivity index (χ0n) is 11.1. The van der Waals surface area contributed by atoms with E-state index in [2.05, 4.69) is 11.1 Å². The van der Waals surface area contributed by atoms with Gasteiger partial charge in [0.1, 0.15) is 0 Å². The molecule has 0 aliphatic rings. The summed E-state index contributed by atoms with van der Waals surface area (Å²) in [4.78, 5) is 16.1. The van der Waals surface area contributed by atoms with Gasteiger partial charge >= 0.3 is 0 Å². The predicted octanol–water partition coefficient (Wildman–Crippen LogP) is 4.14. The van der Waals surface area contributed by atoms with Crippen molar-refractivity contribution in [3.8, 4) is 0 Å². The van der Waals surface area contributed by atoms with Crippen LogP contribution in [0.4, 0.5) is 0 Å². The van der Waals surface area contributed by atoms with Crippen LogP contribution in [0.15, 0.2) is 59.4 Å². The molecular weight excluding hydrogens is 246 g/mol. The molecule has 1 aromatic heterocycles. The molecule has 4 rings (SSSR count). The highest BCUT2D eigenvalue weighted by atomic mass is 16.1. The monoisotopic (exact) mass is 259 g/mol. The molecule has 4 aromatic rings. The SMILES string of the molecule is Cc1ccc2[nH]c3c(ccc4ccccc43)c(=O)c2c1. The molecule has 0 aliphatic carbocycles. The minimum absolute atomic E-state index is 0.100. The van der Waals surface area contributed by atoms with Crippen molar-refractivity contribution < 1.29 is 0 Å². The maximum Gasteiger partial charge on any atom is 0.197 e. The lowest BCUT2D eigenvalue weighted by molar-refractivity contribution is 1.45. The Morgan fingerprint density at radius 2 is 1.70 bits per heavy atom. The Morgan fingerprint density at radius 3 is 2.60 bits per heavy atom. The van der Waals surface area contributed by atoms with E-state index in [4.69, 9.17) is 0 Å². The Morgan fingerprint density at radius 1 is 0.850 bits per heavy atom. The van der Waals surface area contributed by atoms with Gasteiger partial charge in [0.15, 0.2) is 5.43 Å². The molecular formula is C18H13NO. The average Bonchev–Trinajstić information content (AvgIpc) is 2.48. The predicted molar refractivity (Wildman–Crippen MR) is 84.3 cm³/mol. The molecule has 2 heteroatoms. The summed E-state index contributed by atoms with van der Waals surface area (Å²) in [7, 11) is 0. The third-order valence-corrected chi connectivity index (χ3v) is 3.85. The van der Waals surface area contributed by atoms with Crippen LogP contribution in [0.2, 0.25) is 0 Å². The molecule has 0 radical (unpaired) electrons. The fourth-order valence-corrected chi connectivity index (χ4v) is 2.83. The van der Waals surface area contributed by atoms with Gasteiger partial charge < -0.3 is 4.98 Å². The van der Waals surface area contributed by atoms with Crippen molar-refractivity contribution in [1.82, 2.24) is 4.98 Å². The summed E-state index contributed by atoms with van der Waals surface area (Å²) >= 11 is 0. The largest absolute Gasteiger partial charge is 0.354 e. The fraction of sp³-hybridized carbons (Fsp3) is 0.0556.